The minimum atomic E-state index is -0.0402. The van der Waals surface area contributed by atoms with Crippen LogP contribution in [0.4, 0.5) is 5.69 Å². The molecule has 29 heavy (non-hydrogen) atoms. The van der Waals surface area contributed by atoms with E-state index in [1.54, 1.807) is 12.1 Å². The Balaban J connectivity index is 1.93. The molecule has 3 nitrogen and oxygen atoms in total. The molecule has 0 unspecified atom stereocenters. The summed E-state index contributed by atoms with van der Waals surface area (Å²) in [6.07, 6.45) is 0. The van der Waals surface area contributed by atoms with Crippen LogP contribution in [0.1, 0.15) is 5.56 Å². The number of pyridine rings is 1. The highest BCUT2D eigenvalue weighted by Crippen LogP contribution is 2.27. The van der Waals surface area contributed by atoms with Gasteiger partial charge in [0.05, 0.1) is 11.2 Å². The Morgan fingerprint density at radius 3 is 2.14 bits per heavy atom. The first-order chi connectivity index (χ1) is 13.9. The van der Waals surface area contributed by atoms with Crippen molar-refractivity contribution in [1.29, 1.82) is 0 Å². The number of rotatable bonds is 4. The maximum atomic E-state index is 12.9. The van der Waals surface area contributed by atoms with Gasteiger partial charge in [-0.1, -0.05) is 47.5 Å². The van der Waals surface area contributed by atoms with Gasteiger partial charge in [0.2, 0.25) is 0 Å². The number of fused-ring (bicyclic) bond motifs is 1. The van der Waals surface area contributed by atoms with E-state index in [9.17, 15) is 4.79 Å². The van der Waals surface area contributed by atoms with E-state index >= 15 is 0 Å². The predicted octanol–water partition coefficient (Wildman–Crippen LogP) is 6.09. The summed E-state index contributed by atoms with van der Waals surface area (Å²) in [6.45, 7) is 0.611. The van der Waals surface area contributed by atoms with Crippen LogP contribution in [0.25, 0.3) is 22.2 Å². The number of anilines is 1. The van der Waals surface area contributed by atoms with Crippen molar-refractivity contribution >= 4 is 39.8 Å². The Labute approximate surface area is 179 Å². The average molecular weight is 423 g/mol. The van der Waals surface area contributed by atoms with E-state index in [1.165, 1.54) is 0 Å². The lowest BCUT2D eigenvalue weighted by molar-refractivity contribution is 0.834. The molecule has 0 fully saturated rings. The SMILES string of the molecule is CN(C)c1ccc(-c2cc(=O)c3cc(Cl)ccc3n2Cc2ccc(Cl)cc2)cc1. The molecule has 3 aromatic carbocycles. The normalized spacial score (nSPS) is 11.0. The van der Waals surface area contributed by atoms with Gasteiger partial charge in [-0.15, -0.1) is 0 Å². The number of halogens is 2. The molecule has 0 aliphatic rings. The lowest BCUT2D eigenvalue weighted by Crippen LogP contribution is -2.13. The Morgan fingerprint density at radius 1 is 0.828 bits per heavy atom. The summed E-state index contributed by atoms with van der Waals surface area (Å²) in [5, 5.41) is 1.86. The lowest BCUT2D eigenvalue weighted by Gasteiger charge is -2.19. The number of benzene rings is 3. The summed E-state index contributed by atoms with van der Waals surface area (Å²) in [6, 6.07) is 23.1. The van der Waals surface area contributed by atoms with Gasteiger partial charge in [0, 0.05) is 47.8 Å². The van der Waals surface area contributed by atoms with Crippen molar-refractivity contribution in [2.24, 2.45) is 0 Å². The van der Waals surface area contributed by atoms with Crippen LogP contribution in [-0.4, -0.2) is 18.7 Å². The number of nitrogens with zero attached hydrogens (tertiary/aromatic N) is 2. The van der Waals surface area contributed by atoms with E-state index in [0.29, 0.717) is 22.0 Å². The van der Waals surface area contributed by atoms with Crippen LogP contribution < -0.4 is 10.3 Å². The molecule has 1 aromatic heterocycles. The summed E-state index contributed by atoms with van der Waals surface area (Å²) in [4.78, 5) is 14.9. The van der Waals surface area contributed by atoms with Crippen molar-refractivity contribution in [1.82, 2.24) is 4.57 Å². The molecule has 4 rings (SSSR count). The minimum Gasteiger partial charge on any atom is -0.378 e. The highest BCUT2D eigenvalue weighted by molar-refractivity contribution is 6.31. The van der Waals surface area contributed by atoms with Crippen molar-refractivity contribution < 1.29 is 0 Å². The fourth-order valence-corrected chi connectivity index (χ4v) is 3.76. The molecule has 0 saturated heterocycles. The maximum Gasteiger partial charge on any atom is 0.190 e. The quantitative estimate of drug-likeness (QED) is 0.397. The molecule has 146 valence electrons. The molecule has 0 atom stereocenters. The van der Waals surface area contributed by atoms with Gasteiger partial charge in [-0.2, -0.15) is 0 Å². The summed E-state index contributed by atoms with van der Waals surface area (Å²) in [7, 11) is 4.01. The smallest absolute Gasteiger partial charge is 0.190 e. The Morgan fingerprint density at radius 2 is 1.48 bits per heavy atom. The van der Waals surface area contributed by atoms with Crippen molar-refractivity contribution in [3.05, 3.63) is 98.6 Å². The fraction of sp³-hybridized carbons (Fsp3) is 0.125. The zero-order chi connectivity index (χ0) is 20.5. The standard InChI is InChI=1S/C24H20Cl2N2O/c1-27(2)20-10-5-17(6-11-20)23-14-24(29)21-13-19(26)9-12-22(21)28(23)15-16-3-7-18(25)8-4-16/h3-14H,15H2,1-2H3. The van der Waals surface area contributed by atoms with Crippen LogP contribution in [0.3, 0.4) is 0 Å². The Bertz CT molecular complexity index is 1230. The summed E-state index contributed by atoms with van der Waals surface area (Å²) < 4.78 is 2.15. The molecule has 0 aliphatic carbocycles. The van der Waals surface area contributed by atoms with Gasteiger partial charge < -0.3 is 9.47 Å². The van der Waals surface area contributed by atoms with Gasteiger partial charge in [-0.3, -0.25) is 4.79 Å². The number of hydrogen-bond acceptors (Lipinski definition) is 2. The maximum absolute atomic E-state index is 12.9. The molecule has 0 aliphatic heterocycles. The molecule has 4 aromatic rings. The molecule has 0 radical (unpaired) electrons. The monoisotopic (exact) mass is 422 g/mol. The van der Waals surface area contributed by atoms with Crippen LogP contribution in [0.5, 0.6) is 0 Å². The van der Waals surface area contributed by atoms with E-state index in [2.05, 4.69) is 16.7 Å². The largest absolute Gasteiger partial charge is 0.378 e. The van der Waals surface area contributed by atoms with Gasteiger partial charge in [0.15, 0.2) is 5.43 Å². The van der Waals surface area contributed by atoms with Crippen LogP contribution >= 0.6 is 23.2 Å². The van der Waals surface area contributed by atoms with Gasteiger partial charge in [0.1, 0.15) is 0 Å². The molecule has 0 saturated carbocycles. The van der Waals surface area contributed by atoms with Crippen molar-refractivity contribution in [3.63, 3.8) is 0 Å². The topological polar surface area (TPSA) is 25.2 Å². The third-order valence-corrected chi connectivity index (χ3v) is 5.49. The third kappa shape index (κ3) is 4.02. The van der Waals surface area contributed by atoms with E-state index in [1.807, 2.05) is 67.5 Å². The van der Waals surface area contributed by atoms with Crippen molar-refractivity contribution in [2.75, 3.05) is 19.0 Å². The summed E-state index contributed by atoms with van der Waals surface area (Å²) in [5.74, 6) is 0. The fourth-order valence-electron chi connectivity index (χ4n) is 3.46. The first-order valence-electron chi connectivity index (χ1n) is 9.28. The first-order valence-corrected chi connectivity index (χ1v) is 10.0. The Kier molecular flexibility index (Phi) is 5.35. The first kappa shape index (κ1) is 19.6. The average Bonchev–Trinajstić information content (AvgIpc) is 2.71. The molecule has 1 heterocycles. The van der Waals surface area contributed by atoms with Gasteiger partial charge in [-0.05, 0) is 53.6 Å². The Hall–Kier alpha value is -2.75. The van der Waals surface area contributed by atoms with E-state index in [-0.39, 0.29) is 5.43 Å². The van der Waals surface area contributed by atoms with Gasteiger partial charge >= 0.3 is 0 Å². The van der Waals surface area contributed by atoms with E-state index in [4.69, 9.17) is 23.2 Å². The van der Waals surface area contributed by atoms with Crippen LogP contribution in [0.15, 0.2) is 77.6 Å². The summed E-state index contributed by atoms with van der Waals surface area (Å²) >= 11 is 12.2. The zero-order valence-electron chi connectivity index (χ0n) is 16.2. The number of hydrogen-bond donors (Lipinski definition) is 0. The summed E-state index contributed by atoms with van der Waals surface area (Å²) in [5.41, 5.74) is 4.86. The predicted molar refractivity (Wildman–Crippen MR) is 124 cm³/mol. The van der Waals surface area contributed by atoms with E-state index < -0.39 is 0 Å². The zero-order valence-corrected chi connectivity index (χ0v) is 17.7. The minimum absolute atomic E-state index is 0.0402. The second-order valence-corrected chi connectivity index (χ2v) is 8.08. The highest BCUT2D eigenvalue weighted by Gasteiger charge is 2.12. The molecule has 0 bridgehead atoms. The molecule has 5 heteroatoms. The van der Waals surface area contributed by atoms with Gasteiger partial charge in [0.25, 0.3) is 0 Å². The third-order valence-electron chi connectivity index (χ3n) is 5.01. The highest BCUT2D eigenvalue weighted by atomic mass is 35.5. The van der Waals surface area contributed by atoms with Crippen LogP contribution in [0, 0.1) is 0 Å². The van der Waals surface area contributed by atoms with Crippen LogP contribution in [-0.2, 0) is 6.54 Å². The van der Waals surface area contributed by atoms with Crippen molar-refractivity contribution in [2.45, 2.75) is 6.54 Å². The molecule has 0 amide bonds. The van der Waals surface area contributed by atoms with Crippen LogP contribution in [0.2, 0.25) is 10.0 Å². The molecular weight excluding hydrogens is 403 g/mol. The second kappa shape index (κ2) is 7.94. The molecular formula is C24H20Cl2N2O. The molecule has 0 spiro atoms. The molecule has 0 N–H and O–H groups in total. The lowest BCUT2D eigenvalue weighted by atomic mass is 10.1. The van der Waals surface area contributed by atoms with Crippen molar-refractivity contribution in [3.8, 4) is 11.3 Å². The second-order valence-electron chi connectivity index (χ2n) is 7.21. The number of aromatic nitrogens is 1. The van der Waals surface area contributed by atoms with Gasteiger partial charge in [-0.25, -0.2) is 0 Å². The van der Waals surface area contributed by atoms with E-state index in [0.717, 1.165) is 28.0 Å².